The Hall–Kier alpha value is -1.59. The number of carbonyl (C=O) groups excluding carboxylic acids is 2. The van der Waals surface area contributed by atoms with E-state index in [9.17, 15) is 14.4 Å². The van der Waals surface area contributed by atoms with Gasteiger partial charge in [-0.1, -0.05) is 20.3 Å². The Labute approximate surface area is 94.4 Å². The van der Waals surface area contributed by atoms with E-state index in [0.717, 1.165) is 6.42 Å². The van der Waals surface area contributed by atoms with Crippen LogP contribution >= 0.6 is 0 Å². The van der Waals surface area contributed by atoms with Crippen molar-refractivity contribution in [3.05, 3.63) is 0 Å². The predicted molar refractivity (Wildman–Crippen MR) is 57.7 cm³/mol. The fraction of sp³-hybridized carbons (Fsp3) is 0.700. The van der Waals surface area contributed by atoms with Gasteiger partial charge in [0, 0.05) is 6.42 Å². The molecule has 0 aromatic carbocycles. The van der Waals surface area contributed by atoms with Crippen LogP contribution in [0.1, 0.15) is 26.7 Å². The van der Waals surface area contributed by atoms with E-state index in [2.05, 4.69) is 10.6 Å². The van der Waals surface area contributed by atoms with Crippen LogP contribution in [-0.2, 0) is 14.4 Å². The molecule has 0 aromatic heterocycles. The monoisotopic (exact) mass is 230 g/mol. The van der Waals surface area contributed by atoms with Gasteiger partial charge in [-0.2, -0.15) is 0 Å². The summed E-state index contributed by atoms with van der Waals surface area (Å²) < 4.78 is 0. The molecule has 0 aliphatic rings. The highest BCUT2D eigenvalue weighted by Crippen LogP contribution is 2.04. The van der Waals surface area contributed by atoms with Crippen molar-refractivity contribution < 1.29 is 19.5 Å². The van der Waals surface area contributed by atoms with E-state index in [1.54, 1.807) is 0 Å². The number of nitrogens with one attached hydrogen (secondary N) is 2. The van der Waals surface area contributed by atoms with Crippen molar-refractivity contribution in [2.24, 2.45) is 5.92 Å². The van der Waals surface area contributed by atoms with Gasteiger partial charge in [-0.25, -0.2) is 0 Å². The number of aliphatic carboxylic acids is 1. The minimum Gasteiger partial charge on any atom is -0.480 e. The van der Waals surface area contributed by atoms with Gasteiger partial charge in [0.25, 0.3) is 0 Å². The van der Waals surface area contributed by atoms with E-state index in [1.807, 2.05) is 13.8 Å². The molecule has 0 aliphatic heterocycles. The molecule has 1 unspecified atom stereocenters. The highest BCUT2D eigenvalue weighted by molar-refractivity contribution is 5.86. The minimum absolute atomic E-state index is 0.178. The molecule has 16 heavy (non-hydrogen) atoms. The quantitative estimate of drug-likeness (QED) is 0.561. The molecule has 0 fully saturated rings. The first-order valence-corrected chi connectivity index (χ1v) is 5.20. The van der Waals surface area contributed by atoms with Crippen LogP contribution in [0.25, 0.3) is 0 Å². The van der Waals surface area contributed by atoms with E-state index in [-0.39, 0.29) is 18.4 Å². The number of rotatable bonds is 7. The standard InChI is InChI=1S/C10H18N2O4/c1-3-7(2)4-8(13)11-5-9(14)12-6-10(15)16/h7H,3-6H2,1-2H3,(H,11,13)(H,12,14)(H,15,16). The maximum Gasteiger partial charge on any atom is 0.322 e. The molecule has 1 atom stereocenters. The van der Waals surface area contributed by atoms with E-state index < -0.39 is 18.4 Å². The summed E-state index contributed by atoms with van der Waals surface area (Å²) >= 11 is 0. The number of hydrogen-bond acceptors (Lipinski definition) is 3. The lowest BCUT2D eigenvalue weighted by Gasteiger charge is -2.08. The zero-order valence-corrected chi connectivity index (χ0v) is 9.58. The SMILES string of the molecule is CCC(C)CC(=O)NCC(=O)NCC(=O)O. The van der Waals surface area contributed by atoms with Gasteiger partial charge in [-0.3, -0.25) is 14.4 Å². The number of amides is 2. The molecule has 0 spiro atoms. The number of carboxylic acids is 1. The van der Waals surface area contributed by atoms with Crippen molar-refractivity contribution in [1.29, 1.82) is 0 Å². The Balaban J connectivity index is 3.67. The smallest absolute Gasteiger partial charge is 0.322 e. The van der Waals surface area contributed by atoms with E-state index in [4.69, 9.17) is 5.11 Å². The summed E-state index contributed by atoms with van der Waals surface area (Å²) in [6.45, 7) is 3.32. The fourth-order valence-corrected chi connectivity index (χ4v) is 0.949. The molecule has 0 bridgehead atoms. The van der Waals surface area contributed by atoms with E-state index in [1.165, 1.54) is 0 Å². The average Bonchev–Trinajstić information content (AvgIpc) is 2.23. The van der Waals surface area contributed by atoms with Crippen molar-refractivity contribution in [1.82, 2.24) is 10.6 Å². The summed E-state index contributed by atoms with van der Waals surface area (Å²) in [6.07, 6.45) is 1.28. The van der Waals surface area contributed by atoms with Gasteiger partial charge in [0.05, 0.1) is 6.54 Å². The highest BCUT2D eigenvalue weighted by Gasteiger charge is 2.09. The normalized spacial score (nSPS) is 11.6. The Bertz CT molecular complexity index is 266. The molecule has 0 heterocycles. The largest absolute Gasteiger partial charge is 0.480 e. The summed E-state index contributed by atoms with van der Waals surface area (Å²) in [5.41, 5.74) is 0. The topological polar surface area (TPSA) is 95.5 Å². The summed E-state index contributed by atoms with van der Waals surface area (Å²) in [6, 6.07) is 0. The van der Waals surface area contributed by atoms with Gasteiger partial charge in [0.15, 0.2) is 0 Å². The summed E-state index contributed by atoms with van der Waals surface area (Å²) in [7, 11) is 0. The van der Waals surface area contributed by atoms with Crippen molar-refractivity contribution in [2.45, 2.75) is 26.7 Å². The number of hydrogen-bond donors (Lipinski definition) is 3. The maximum absolute atomic E-state index is 11.2. The second-order valence-electron chi connectivity index (χ2n) is 3.66. The van der Waals surface area contributed by atoms with Gasteiger partial charge in [-0.15, -0.1) is 0 Å². The minimum atomic E-state index is -1.11. The van der Waals surface area contributed by atoms with Gasteiger partial charge < -0.3 is 15.7 Å². The maximum atomic E-state index is 11.2. The summed E-state index contributed by atoms with van der Waals surface area (Å²) in [5.74, 6) is -1.53. The first-order valence-electron chi connectivity index (χ1n) is 5.20. The lowest BCUT2D eigenvalue weighted by Crippen LogP contribution is -2.39. The fourth-order valence-electron chi connectivity index (χ4n) is 0.949. The lowest BCUT2D eigenvalue weighted by molar-refractivity contribution is -0.137. The Kier molecular flexibility index (Phi) is 6.91. The highest BCUT2D eigenvalue weighted by atomic mass is 16.4. The van der Waals surface area contributed by atoms with Gasteiger partial charge in [-0.05, 0) is 5.92 Å². The van der Waals surface area contributed by atoms with Crippen LogP contribution in [0, 0.1) is 5.92 Å². The summed E-state index contributed by atoms with van der Waals surface area (Å²) in [5, 5.41) is 12.9. The molecule has 0 aromatic rings. The van der Waals surface area contributed by atoms with Crippen molar-refractivity contribution in [2.75, 3.05) is 13.1 Å². The van der Waals surface area contributed by atoms with Gasteiger partial charge in [0.1, 0.15) is 6.54 Å². The molecule has 0 saturated carbocycles. The second-order valence-corrected chi connectivity index (χ2v) is 3.66. The van der Waals surface area contributed by atoms with Gasteiger partial charge >= 0.3 is 5.97 Å². The van der Waals surface area contributed by atoms with Crippen molar-refractivity contribution in [3.8, 4) is 0 Å². The number of carbonyl (C=O) groups is 3. The molecule has 6 nitrogen and oxygen atoms in total. The number of carboxylic acid groups (broad SMARTS) is 1. The summed E-state index contributed by atoms with van der Waals surface area (Å²) in [4.78, 5) is 32.4. The molecule has 3 N–H and O–H groups in total. The molecule has 6 heteroatoms. The van der Waals surface area contributed by atoms with Crippen molar-refractivity contribution in [3.63, 3.8) is 0 Å². The molecule has 92 valence electrons. The first kappa shape index (κ1) is 14.4. The van der Waals surface area contributed by atoms with Crippen LogP contribution in [0.5, 0.6) is 0 Å². The zero-order chi connectivity index (χ0) is 12.6. The van der Waals surface area contributed by atoms with Crippen LogP contribution in [-0.4, -0.2) is 36.0 Å². The molecule has 0 rings (SSSR count). The lowest BCUT2D eigenvalue weighted by atomic mass is 10.1. The van der Waals surface area contributed by atoms with Crippen LogP contribution in [0.3, 0.4) is 0 Å². The van der Waals surface area contributed by atoms with Gasteiger partial charge in [0.2, 0.25) is 11.8 Å². The third kappa shape index (κ3) is 7.78. The van der Waals surface area contributed by atoms with Crippen LogP contribution in [0.4, 0.5) is 0 Å². The van der Waals surface area contributed by atoms with Crippen LogP contribution in [0.15, 0.2) is 0 Å². The average molecular weight is 230 g/mol. The van der Waals surface area contributed by atoms with Crippen LogP contribution < -0.4 is 10.6 Å². The zero-order valence-electron chi connectivity index (χ0n) is 9.58. The van der Waals surface area contributed by atoms with Crippen molar-refractivity contribution >= 4 is 17.8 Å². The second kappa shape index (κ2) is 7.67. The molecule has 2 amide bonds. The van der Waals surface area contributed by atoms with E-state index in [0.29, 0.717) is 6.42 Å². The Morgan fingerprint density at radius 3 is 2.19 bits per heavy atom. The Morgan fingerprint density at radius 1 is 1.12 bits per heavy atom. The molecule has 0 aliphatic carbocycles. The van der Waals surface area contributed by atoms with Crippen LogP contribution in [0.2, 0.25) is 0 Å². The molecule has 0 saturated heterocycles. The third-order valence-electron chi connectivity index (χ3n) is 2.11. The Morgan fingerprint density at radius 2 is 1.69 bits per heavy atom. The van der Waals surface area contributed by atoms with E-state index >= 15 is 0 Å². The third-order valence-corrected chi connectivity index (χ3v) is 2.11. The molecular weight excluding hydrogens is 212 g/mol. The first-order chi connectivity index (χ1) is 7.45. The molecule has 0 radical (unpaired) electrons. The molecular formula is C10H18N2O4. The predicted octanol–water partition coefficient (Wildman–Crippen LogP) is -0.260.